The molecule has 6 rings (SSSR count). The fourth-order valence-electron chi connectivity index (χ4n) is 5.03. The number of carbonyl (C=O) groups excluding carboxylic acids is 2. The van der Waals surface area contributed by atoms with Crippen molar-refractivity contribution in [2.24, 2.45) is 0 Å². The molecule has 0 bridgehead atoms. The average Bonchev–Trinajstić information content (AvgIpc) is 3.48. The fourth-order valence-corrected chi connectivity index (χ4v) is 5.25. The van der Waals surface area contributed by atoms with E-state index in [4.69, 9.17) is 11.6 Å². The highest BCUT2D eigenvalue weighted by atomic mass is 35.5. The minimum absolute atomic E-state index is 0.149. The summed E-state index contributed by atoms with van der Waals surface area (Å²) in [6.45, 7) is 0. The predicted octanol–water partition coefficient (Wildman–Crippen LogP) is 4.80. The second-order valence-electron chi connectivity index (χ2n) is 9.29. The van der Waals surface area contributed by atoms with Crippen LogP contribution in [-0.2, 0) is 6.42 Å². The number of hydrogen-bond donors (Lipinski definition) is 3. The number of nitrogens with one attached hydrogen (secondary N) is 3. The zero-order chi connectivity index (χ0) is 26.2. The van der Waals surface area contributed by atoms with Crippen LogP contribution in [0.3, 0.4) is 0 Å². The van der Waals surface area contributed by atoms with Crippen LogP contribution in [0.25, 0.3) is 16.6 Å². The van der Waals surface area contributed by atoms with Crippen LogP contribution in [0.1, 0.15) is 37.9 Å². The van der Waals surface area contributed by atoms with Crippen LogP contribution >= 0.6 is 11.6 Å². The van der Waals surface area contributed by atoms with Crippen molar-refractivity contribution in [3.05, 3.63) is 135 Å². The van der Waals surface area contributed by atoms with Gasteiger partial charge in [-0.15, -0.1) is 0 Å². The van der Waals surface area contributed by atoms with Crippen LogP contribution in [0.5, 0.6) is 0 Å². The molecule has 0 saturated heterocycles. The topological polar surface area (TPSA) is 96.0 Å². The standard InChI is InChI=1S/C30H23ClN4O3/c31-24-17-32-25-16-20(10-13-23(24)25)30(38)33-26-15-19-5-1-2-6-22(19)28(26)34-29(37)18-8-11-21(12-9-18)35-14-4-3-7-27(35)36/h1-14,16-17,26,28,32H,15H2,(H,33,38)(H,34,37)/t26?,28-/m0/s1. The number of carbonyl (C=O) groups is 2. The molecule has 188 valence electrons. The van der Waals surface area contributed by atoms with E-state index in [-0.39, 0.29) is 23.4 Å². The van der Waals surface area contributed by atoms with Crippen molar-refractivity contribution >= 4 is 34.3 Å². The number of rotatable bonds is 5. The predicted molar refractivity (Wildman–Crippen MR) is 147 cm³/mol. The van der Waals surface area contributed by atoms with Crippen LogP contribution in [0.15, 0.2) is 102 Å². The van der Waals surface area contributed by atoms with Gasteiger partial charge in [-0.1, -0.05) is 48.0 Å². The van der Waals surface area contributed by atoms with E-state index < -0.39 is 6.04 Å². The van der Waals surface area contributed by atoms with Gasteiger partial charge in [-0.3, -0.25) is 19.0 Å². The number of fused-ring (bicyclic) bond motifs is 2. The van der Waals surface area contributed by atoms with Gasteiger partial charge in [-0.05, 0) is 60.0 Å². The van der Waals surface area contributed by atoms with E-state index in [0.29, 0.717) is 28.3 Å². The summed E-state index contributed by atoms with van der Waals surface area (Å²) in [6, 6.07) is 24.3. The third-order valence-corrected chi connectivity index (χ3v) is 7.27. The number of aromatic amines is 1. The van der Waals surface area contributed by atoms with Crippen LogP contribution in [0, 0.1) is 0 Å². The largest absolute Gasteiger partial charge is 0.360 e. The molecule has 38 heavy (non-hydrogen) atoms. The Kier molecular flexibility index (Phi) is 6.05. The molecule has 0 aliphatic heterocycles. The van der Waals surface area contributed by atoms with Gasteiger partial charge in [0.15, 0.2) is 0 Å². The summed E-state index contributed by atoms with van der Waals surface area (Å²) in [5.41, 5.74) is 4.32. The summed E-state index contributed by atoms with van der Waals surface area (Å²) in [4.78, 5) is 41.7. The van der Waals surface area contributed by atoms with Crippen molar-refractivity contribution < 1.29 is 9.59 Å². The molecule has 2 amide bonds. The van der Waals surface area contributed by atoms with E-state index in [1.807, 2.05) is 30.3 Å². The Morgan fingerprint density at radius 1 is 0.868 bits per heavy atom. The SMILES string of the molecule is O=C(NC1Cc2ccccc2[C@@H]1NC(=O)c1ccc(-n2ccccc2=O)cc1)c1ccc2c(Cl)c[nH]c2c1. The monoisotopic (exact) mass is 522 g/mol. The maximum absolute atomic E-state index is 13.3. The smallest absolute Gasteiger partial charge is 0.255 e. The molecule has 3 aromatic carbocycles. The number of aromatic nitrogens is 2. The summed E-state index contributed by atoms with van der Waals surface area (Å²) in [7, 11) is 0. The Morgan fingerprint density at radius 3 is 2.42 bits per heavy atom. The van der Waals surface area contributed by atoms with Crippen molar-refractivity contribution in [2.45, 2.75) is 18.5 Å². The molecule has 1 unspecified atom stereocenters. The Balaban J connectivity index is 1.22. The van der Waals surface area contributed by atoms with Gasteiger partial charge in [-0.25, -0.2) is 0 Å². The molecule has 2 heterocycles. The van der Waals surface area contributed by atoms with Crippen LogP contribution in [-0.4, -0.2) is 27.4 Å². The van der Waals surface area contributed by atoms with E-state index in [2.05, 4.69) is 15.6 Å². The second-order valence-corrected chi connectivity index (χ2v) is 9.69. The number of H-pyrrole nitrogens is 1. The van der Waals surface area contributed by atoms with Gasteiger partial charge in [0.25, 0.3) is 17.4 Å². The number of hydrogen-bond acceptors (Lipinski definition) is 3. The number of amides is 2. The van der Waals surface area contributed by atoms with Crippen molar-refractivity contribution in [3.63, 3.8) is 0 Å². The lowest BCUT2D eigenvalue weighted by Gasteiger charge is -2.23. The quantitative estimate of drug-likeness (QED) is 0.309. The number of benzene rings is 3. The summed E-state index contributed by atoms with van der Waals surface area (Å²) in [5.74, 6) is -0.493. The normalized spacial score (nSPS) is 16.2. The molecule has 2 aromatic heterocycles. The summed E-state index contributed by atoms with van der Waals surface area (Å²) in [5, 5.41) is 7.69. The first-order chi connectivity index (χ1) is 18.5. The van der Waals surface area contributed by atoms with E-state index in [1.165, 1.54) is 10.6 Å². The highest BCUT2D eigenvalue weighted by Crippen LogP contribution is 2.32. The molecule has 0 spiro atoms. The molecule has 8 heteroatoms. The van der Waals surface area contributed by atoms with E-state index in [1.54, 1.807) is 60.9 Å². The third kappa shape index (κ3) is 4.37. The highest BCUT2D eigenvalue weighted by molar-refractivity contribution is 6.35. The molecule has 0 radical (unpaired) electrons. The molecule has 1 aliphatic rings. The van der Waals surface area contributed by atoms with Gasteiger partial charge in [0.2, 0.25) is 0 Å². The fraction of sp³-hybridized carbons (Fsp3) is 0.100. The molecule has 5 aromatic rings. The maximum atomic E-state index is 13.3. The zero-order valence-electron chi connectivity index (χ0n) is 20.1. The molecule has 1 aliphatic carbocycles. The van der Waals surface area contributed by atoms with Crippen LogP contribution < -0.4 is 16.2 Å². The maximum Gasteiger partial charge on any atom is 0.255 e. The zero-order valence-corrected chi connectivity index (χ0v) is 20.9. The van der Waals surface area contributed by atoms with Crippen LogP contribution in [0.2, 0.25) is 5.02 Å². The first-order valence-electron chi connectivity index (χ1n) is 12.2. The summed E-state index contributed by atoms with van der Waals surface area (Å²) < 4.78 is 1.51. The lowest BCUT2D eigenvalue weighted by atomic mass is 10.1. The van der Waals surface area contributed by atoms with Crippen molar-refractivity contribution in [3.8, 4) is 5.69 Å². The first-order valence-corrected chi connectivity index (χ1v) is 12.6. The van der Waals surface area contributed by atoms with E-state index in [9.17, 15) is 14.4 Å². The Morgan fingerprint density at radius 2 is 1.61 bits per heavy atom. The summed E-state index contributed by atoms with van der Waals surface area (Å²) in [6.07, 6.45) is 3.97. The van der Waals surface area contributed by atoms with Gasteiger partial charge in [0.05, 0.1) is 17.1 Å². The van der Waals surface area contributed by atoms with Gasteiger partial charge in [0, 0.05) is 46.2 Å². The molecule has 3 N–H and O–H groups in total. The molecular formula is C30H23ClN4O3. The second kappa shape index (κ2) is 9.68. The van der Waals surface area contributed by atoms with Crippen molar-refractivity contribution in [1.29, 1.82) is 0 Å². The van der Waals surface area contributed by atoms with Crippen LogP contribution in [0.4, 0.5) is 0 Å². The highest BCUT2D eigenvalue weighted by Gasteiger charge is 2.34. The third-order valence-electron chi connectivity index (χ3n) is 6.96. The Labute approximate surface area is 223 Å². The molecule has 0 fully saturated rings. The first kappa shape index (κ1) is 23.8. The minimum Gasteiger partial charge on any atom is -0.360 e. The lowest BCUT2D eigenvalue weighted by molar-refractivity contribution is 0.0888. The molecular weight excluding hydrogens is 500 g/mol. The minimum atomic E-state index is -0.400. The average molecular weight is 523 g/mol. The Hall–Kier alpha value is -4.62. The van der Waals surface area contributed by atoms with Gasteiger partial charge < -0.3 is 15.6 Å². The molecule has 7 nitrogen and oxygen atoms in total. The van der Waals surface area contributed by atoms with E-state index in [0.717, 1.165) is 22.0 Å². The molecule has 2 atom stereocenters. The van der Waals surface area contributed by atoms with Gasteiger partial charge in [-0.2, -0.15) is 0 Å². The number of halogens is 1. The van der Waals surface area contributed by atoms with E-state index >= 15 is 0 Å². The number of pyridine rings is 1. The Bertz CT molecular complexity index is 1740. The van der Waals surface area contributed by atoms with Gasteiger partial charge in [0.1, 0.15) is 0 Å². The summed E-state index contributed by atoms with van der Waals surface area (Å²) >= 11 is 6.17. The lowest BCUT2D eigenvalue weighted by Crippen LogP contribution is -2.44. The molecule has 0 saturated carbocycles. The van der Waals surface area contributed by atoms with Crippen molar-refractivity contribution in [2.75, 3.05) is 0 Å². The van der Waals surface area contributed by atoms with Crippen molar-refractivity contribution in [1.82, 2.24) is 20.2 Å². The number of nitrogens with zero attached hydrogens (tertiary/aromatic N) is 1. The van der Waals surface area contributed by atoms with Gasteiger partial charge >= 0.3 is 0 Å².